The second-order valence-electron chi connectivity index (χ2n) is 5.31. The molecule has 1 heterocycles. The third-order valence-electron chi connectivity index (χ3n) is 3.59. The summed E-state index contributed by atoms with van der Waals surface area (Å²) in [5.41, 5.74) is 0.766. The summed E-state index contributed by atoms with van der Waals surface area (Å²) >= 11 is 0. The number of carbonyl (C=O) groups excluding carboxylic acids is 1. The summed E-state index contributed by atoms with van der Waals surface area (Å²) in [5.74, 6) is 1.15. The van der Waals surface area contributed by atoms with Crippen LogP contribution in [0, 0.1) is 12.8 Å². The van der Waals surface area contributed by atoms with Gasteiger partial charge in [-0.05, 0) is 38.5 Å². The standard InChI is InChI=1S/C14H21N3O2/c1-9-4-6-11(7-5-9)16-12-8-10(2)15-13(17-12)14(18)19-3/h8-9,11H,4-7H2,1-3H3,(H,15,16,17). The van der Waals surface area contributed by atoms with Gasteiger partial charge in [0.05, 0.1) is 7.11 Å². The molecule has 0 spiro atoms. The van der Waals surface area contributed by atoms with Crippen LogP contribution in [0.5, 0.6) is 0 Å². The number of anilines is 1. The summed E-state index contributed by atoms with van der Waals surface area (Å²) in [6, 6.07) is 2.31. The van der Waals surface area contributed by atoms with Gasteiger partial charge in [0, 0.05) is 17.8 Å². The highest BCUT2D eigenvalue weighted by Gasteiger charge is 2.19. The van der Waals surface area contributed by atoms with Crippen molar-refractivity contribution in [2.75, 3.05) is 12.4 Å². The molecule has 0 unspecified atom stereocenters. The Morgan fingerprint density at radius 2 is 2.00 bits per heavy atom. The molecule has 1 aliphatic carbocycles. The van der Waals surface area contributed by atoms with Gasteiger partial charge in [-0.15, -0.1) is 0 Å². The van der Waals surface area contributed by atoms with Gasteiger partial charge in [0.25, 0.3) is 0 Å². The zero-order chi connectivity index (χ0) is 13.8. The third kappa shape index (κ3) is 3.66. The number of rotatable bonds is 3. The topological polar surface area (TPSA) is 64.1 Å². The lowest BCUT2D eigenvalue weighted by Gasteiger charge is -2.27. The van der Waals surface area contributed by atoms with Gasteiger partial charge >= 0.3 is 5.97 Å². The average molecular weight is 263 g/mol. The van der Waals surface area contributed by atoms with Crippen molar-refractivity contribution in [3.8, 4) is 0 Å². The monoisotopic (exact) mass is 263 g/mol. The molecule has 1 aromatic heterocycles. The smallest absolute Gasteiger partial charge is 0.376 e. The predicted molar refractivity (Wildman–Crippen MR) is 73.2 cm³/mol. The van der Waals surface area contributed by atoms with E-state index in [1.54, 1.807) is 0 Å². The normalized spacial score (nSPS) is 22.9. The first kappa shape index (κ1) is 13.8. The summed E-state index contributed by atoms with van der Waals surface area (Å²) in [6.07, 6.45) is 4.78. The summed E-state index contributed by atoms with van der Waals surface area (Å²) in [6.45, 7) is 4.14. The zero-order valence-electron chi connectivity index (χ0n) is 11.8. The minimum absolute atomic E-state index is 0.120. The first-order valence-electron chi connectivity index (χ1n) is 6.79. The van der Waals surface area contributed by atoms with Gasteiger partial charge in [-0.3, -0.25) is 0 Å². The molecule has 1 saturated carbocycles. The number of hydrogen-bond donors (Lipinski definition) is 1. The van der Waals surface area contributed by atoms with E-state index in [0.29, 0.717) is 11.9 Å². The summed E-state index contributed by atoms with van der Waals surface area (Å²) < 4.78 is 4.66. The van der Waals surface area contributed by atoms with Crippen molar-refractivity contribution in [2.45, 2.75) is 45.6 Å². The zero-order valence-corrected chi connectivity index (χ0v) is 11.8. The molecule has 5 nitrogen and oxygen atoms in total. The lowest BCUT2D eigenvalue weighted by atomic mass is 9.87. The maximum Gasteiger partial charge on any atom is 0.376 e. The maximum absolute atomic E-state index is 11.5. The molecule has 0 aromatic carbocycles. The molecule has 1 aliphatic rings. The van der Waals surface area contributed by atoms with E-state index in [2.05, 4.69) is 26.9 Å². The number of carbonyl (C=O) groups is 1. The van der Waals surface area contributed by atoms with Gasteiger partial charge in [0.1, 0.15) is 5.82 Å². The fraction of sp³-hybridized carbons (Fsp3) is 0.643. The summed E-state index contributed by atoms with van der Waals surface area (Å²) in [7, 11) is 1.34. The Morgan fingerprint density at radius 1 is 1.32 bits per heavy atom. The first-order valence-corrected chi connectivity index (χ1v) is 6.79. The number of hydrogen-bond acceptors (Lipinski definition) is 5. The van der Waals surface area contributed by atoms with Crippen molar-refractivity contribution >= 4 is 11.8 Å². The molecule has 19 heavy (non-hydrogen) atoms. The van der Waals surface area contributed by atoms with Crippen LogP contribution in [0.15, 0.2) is 6.07 Å². The Morgan fingerprint density at radius 3 is 2.63 bits per heavy atom. The summed E-state index contributed by atoms with van der Waals surface area (Å²) in [4.78, 5) is 19.8. The number of aromatic nitrogens is 2. The molecule has 0 bridgehead atoms. The minimum atomic E-state index is -0.496. The van der Waals surface area contributed by atoms with Crippen LogP contribution in [-0.2, 0) is 4.74 Å². The molecule has 0 atom stereocenters. The van der Waals surface area contributed by atoms with Crippen LogP contribution in [0.2, 0.25) is 0 Å². The van der Waals surface area contributed by atoms with E-state index < -0.39 is 5.97 Å². The van der Waals surface area contributed by atoms with Gasteiger partial charge < -0.3 is 10.1 Å². The largest absolute Gasteiger partial charge is 0.463 e. The second kappa shape index (κ2) is 5.99. The van der Waals surface area contributed by atoms with Crippen LogP contribution in [0.1, 0.15) is 48.9 Å². The quantitative estimate of drug-likeness (QED) is 0.849. The van der Waals surface area contributed by atoms with Crippen LogP contribution < -0.4 is 5.32 Å². The highest BCUT2D eigenvalue weighted by molar-refractivity contribution is 5.85. The molecule has 0 amide bonds. The van der Waals surface area contributed by atoms with Crippen LogP contribution in [0.25, 0.3) is 0 Å². The first-order chi connectivity index (χ1) is 9.08. The van der Waals surface area contributed by atoms with E-state index >= 15 is 0 Å². The molecule has 104 valence electrons. The fourth-order valence-corrected chi connectivity index (χ4v) is 2.44. The van der Waals surface area contributed by atoms with E-state index in [1.807, 2.05) is 13.0 Å². The second-order valence-corrected chi connectivity index (χ2v) is 5.31. The predicted octanol–water partition coefficient (Wildman–Crippen LogP) is 2.56. The maximum atomic E-state index is 11.5. The third-order valence-corrected chi connectivity index (χ3v) is 3.59. The van der Waals surface area contributed by atoms with Crippen LogP contribution in [0.3, 0.4) is 0 Å². The van der Waals surface area contributed by atoms with E-state index in [-0.39, 0.29) is 5.82 Å². The molecular formula is C14H21N3O2. The Bertz CT molecular complexity index is 454. The molecule has 0 aliphatic heterocycles. The Labute approximate surface area is 113 Å². The number of nitrogens with one attached hydrogen (secondary N) is 1. The van der Waals surface area contributed by atoms with Crippen LogP contribution in [-0.4, -0.2) is 29.1 Å². The fourth-order valence-electron chi connectivity index (χ4n) is 2.44. The molecule has 0 radical (unpaired) electrons. The lowest BCUT2D eigenvalue weighted by molar-refractivity contribution is 0.0586. The van der Waals surface area contributed by atoms with E-state index in [0.717, 1.165) is 24.5 Å². The lowest BCUT2D eigenvalue weighted by Crippen LogP contribution is -2.26. The molecule has 1 aromatic rings. The number of ether oxygens (including phenoxy) is 1. The number of nitrogens with zero attached hydrogens (tertiary/aromatic N) is 2. The van der Waals surface area contributed by atoms with Gasteiger partial charge in [0.15, 0.2) is 0 Å². The van der Waals surface area contributed by atoms with Crippen molar-refractivity contribution in [1.29, 1.82) is 0 Å². The molecule has 5 heteroatoms. The van der Waals surface area contributed by atoms with E-state index in [4.69, 9.17) is 0 Å². The molecule has 1 fully saturated rings. The molecular weight excluding hydrogens is 242 g/mol. The Balaban J connectivity index is 2.07. The number of esters is 1. The number of aryl methyl sites for hydroxylation is 1. The van der Waals surface area contributed by atoms with Gasteiger partial charge in [-0.25, -0.2) is 14.8 Å². The van der Waals surface area contributed by atoms with Crippen molar-refractivity contribution in [2.24, 2.45) is 5.92 Å². The molecule has 1 N–H and O–H groups in total. The van der Waals surface area contributed by atoms with Crippen molar-refractivity contribution in [3.63, 3.8) is 0 Å². The van der Waals surface area contributed by atoms with Gasteiger partial charge in [-0.1, -0.05) is 6.92 Å². The van der Waals surface area contributed by atoms with Crippen LogP contribution in [0.4, 0.5) is 5.82 Å². The summed E-state index contributed by atoms with van der Waals surface area (Å²) in [5, 5.41) is 3.40. The minimum Gasteiger partial charge on any atom is -0.463 e. The Hall–Kier alpha value is -1.65. The van der Waals surface area contributed by atoms with E-state index in [9.17, 15) is 4.79 Å². The highest BCUT2D eigenvalue weighted by Crippen LogP contribution is 2.25. The SMILES string of the molecule is COC(=O)c1nc(C)cc(NC2CCC(C)CC2)n1. The van der Waals surface area contributed by atoms with Crippen molar-refractivity contribution in [3.05, 3.63) is 17.6 Å². The average Bonchev–Trinajstić information content (AvgIpc) is 2.40. The number of methoxy groups -OCH3 is 1. The van der Waals surface area contributed by atoms with E-state index in [1.165, 1.54) is 20.0 Å². The van der Waals surface area contributed by atoms with Crippen LogP contribution >= 0.6 is 0 Å². The van der Waals surface area contributed by atoms with Gasteiger partial charge in [0.2, 0.25) is 5.82 Å². The van der Waals surface area contributed by atoms with Crippen molar-refractivity contribution < 1.29 is 9.53 Å². The van der Waals surface area contributed by atoms with Crippen molar-refractivity contribution in [1.82, 2.24) is 9.97 Å². The Kier molecular flexibility index (Phi) is 4.35. The molecule has 0 saturated heterocycles. The molecule has 2 rings (SSSR count). The highest BCUT2D eigenvalue weighted by atomic mass is 16.5. The van der Waals surface area contributed by atoms with Gasteiger partial charge in [-0.2, -0.15) is 0 Å².